The minimum Gasteiger partial charge on any atom is -0.459 e. The number of carbonyl (C=O) groups is 2. The minimum absolute atomic E-state index is 0.134. The number of ether oxygens (including phenoxy) is 4. The van der Waals surface area contributed by atoms with E-state index in [4.69, 9.17) is 18.9 Å². The van der Waals surface area contributed by atoms with Crippen LogP contribution in [0.15, 0.2) is 0 Å². The van der Waals surface area contributed by atoms with Crippen LogP contribution in [0.2, 0.25) is 0 Å². The average molecular weight is 590 g/mol. The molecule has 2 saturated heterocycles. The number of likely N-dealkylation sites (N-methyl/N-ethyl adjacent to an activating group) is 1. The van der Waals surface area contributed by atoms with Crippen molar-refractivity contribution in [2.75, 3.05) is 21.2 Å². The first-order valence-corrected chi connectivity index (χ1v) is 14.9. The second-order valence-corrected chi connectivity index (χ2v) is 13.1. The molecule has 0 amide bonds. The number of esters is 1. The number of aliphatic hydroxyl groups is 4. The molecule has 2 heterocycles. The lowest BCUT2D eigenvalue weighted by atomic mass is 9.74. The first-order valence-electron chi connectivity index (χ1n) is 14.9. The zero-order chi connectivity index (χ0) is 31.6. The van der Waals surface area contributed by atoms with Gasteiger partial charge in [-0.25, -0.2) is 0 Å². The zero-order valence-corrected chi connectivity index (χ0v) is 26.7. The fourth-order valence-corrected chi connectivity index (χ4v) is 6.59. The molecule has 11 heteroatoms. The Labute approximate surface area is 245 Å². The van der Waals surface area contributed by atoms with Gasteiger partial charge in [0.2, 0.25) is 0 Å². The molecule has 0 saturated carbocycles. The van der Waals surface area contributed by atoms with Crippen LogP contribution >= 0.6 is 0 Å². The van der Waals surface area contributed by atoms with Gasteiger partial charge in [-0.05, 0) is 61.1 Å². The van der Waals surface area contributed by atoms with Crippen molar-refractivity contribution in [1.29, 1.82) is 0 Å². The maximum absolute atomic E-state index is 13.6. The van der Waals surface area contributed by atoms with Crippen molar-refractivity contribution in [3.63, 3.8) is 0 Å². The summed E-state index contributed by atoms with van der Waals surface area (Å²) >= 11 is 0. The summed E-state index contributed by atoms with van der Waals surface area (Å²) in [5, 5.41) is 45.1. The van der Waals surface area contributed by atoms with E-state index in [1.165, 1.54) is 21.0 Å². The smallest absolute Gasteiger partial charge is 0.311 e. The molecule has 41 heavy (non-hydrogen) atoms. The highest BCUT2D eigenvalue weighted by Gasteiger charge is 2.51. The molecule has 0 spiro atoms. The van der Waals surface area contributed by atoms with E-state index in [1.807, 2.05) is 25.9 Å². The molecule has 2 rings (SSSR count). The van der Waals surface area contributed by atoms with E-state index in [9.17, 15) is 30.0 Å². The van der Waals surface area contributed by atoms with Crippen LogP contribution in [0.25, 0.3) is 0 Å². The Morgan fingerprint density at radius 3 is 2.10 bits per heavy atom. The Morgan fingerprint density at radius 2 is 1.59 bits per heavy atom. The largest absolute Gasteiger partial charge is 0.459 e. The van der Waals surface area contributed by atoms with Crippen molar-refractivity contribution in [3.05, 3.63) is 0 Å². The van der Waals surface area contributed by atoms with Crippen LogP contribution in [0.5, 0.6) is 0 Å². The number of ketones is 1. The molecule has 2 aliphatic heterocycles. The van der Waals surface area contributed by atoms with Crippen LogP contribution in [0.3, 0.4) is 0 Å². The number of carbonyl (C=O) groups excluding carboxylic acids is 2. The van der Waals surface area contributed by atoms with E-state index in [2.05, 4.69) is 0 Å². The summed E-state index contributed by atoms with van der Waals surface area (Å²) in [5.41, 5.74) is -3.11. The first kappa shape index (κ1) is 36.0. The molecule has 0 radical (unpaired) electrons. The molecule has 0 aromatic heterocycles. The summed E-state index contributed by atoms with van der Waals surface area (Å²) in [7, 11) is 5.21. The monoisotopic (exact) mass is 589 g/mol. The summed E-state index contributed by atoms with van der Waals surface area (Å²) in [5.74, 6) is -4.49. The third-order valence-corrected chi connectivity index (χ3v) is 9.52. The van der Waals surface area contributed by atoms with E-state index in [0.29, 0.717) is 6.42 Å². The van der Waals surface area contributed by atoms with Gasteiger partial charge in [-0.1, -0.05) is 27.7 Å². The fourth-order valence-electron chi connectivity index (χ4n) is 6.59. The lowest BCUT2D eigenvalue weighted by molar-refractivity contribution is -0.301. The molecule has 14 atom stereocenters. The number of hydrogen-bond donors (Lipinski definition) is 4. The predicted molar refractivity (Wildman–Crippen MR) is 152 cm³/mol. The molecule has 0 aromatic rings. The van der Waals surface area contributed by atoms with Crippen molar-refractivity contribution in [2.24, 2.45) is 23.7 Å². The minimum atomic E-state index is -1.91. The van der Waals surface area contributed by atoms with Crippen LogP contribution < -0.4 is 0 Å². The van der Waals surface area contributed by atoms with E-state index in [1.54, 1.807) is 34.6 Å². The van der Waals surface area contributed by atoms with E-state index in [-0.39, 0.29) is 30.8 Å². The lowest BCUT2D eigenvalue weighted by Gasteiger charge is -2.48. The number of nitrogens with zero attached hydrogens (tertiary/aromatic N) is 1. The molecule has 0 aliphatic carbocycles. The van der Waals surface area contributed by atoms with Crippen LogP contribution in [0.1, 0.15) is 74.7 Å². The number of methoxy groups -OCH3 is 1. The third kappa shape index (κ3) is 7.67. The van der Waals surface area contributed by atoms with Crippen molar-refractivity contribution in [3.8, 4) is 0 Å². The summed E-state index contributed by atoms with van der Waals surface area (Å²) in [6.07, 6.45) is -6.25. The summed E-state index contributed by atoms with van der Waals surface area (Å²) in [6.45, 7) is 13.2. The van der Waals surface area contributed by atoms with E-state index >= 15 is 0 Å². The molecule has 2 unspecified atom stereocenters. The van der Waals surface area contributed by atoms with Crippen LogP contribution in [0, 0.1) is 23.7 Å². The maximum Gasteiger partial charge on any atom is 0.311 e. The van der Waals surface area contributed by atoms with E-state index in [0.717, 1.165) is 0 Å². The highest BCUT2D eigenvalue weighted by atomic mass is 16.7. The van der Waals surface area contributed by atoms with Crippen molar-refractivity contribution in [1.82, 2.24) is 4.90 Å². The molecule has 240 valence electrons. The highest BCUT2D eigenvalue weighted by Crippen LogP contribution is 2.39. The molecule has 11 nitrogen and oxygen atoms in total. The van der Waals surface area contributed by atoms with Gasteiger partial charge >= 0.3 is 5.97 Å². The van der Waals surface area contributed by atoms with Gasteiger partial charge in [0.15, 0.2) is 6.29 Å². The fraction of sp³-hybridized carbons (Fsp3) is 0.933. The number of rotatable bonds is 5. The molecule has 2 aliphatic rings. The van der Waals surface area contributed by atoms with Crippen molar-refractivity contribution in [2.45, 2.75) is 135 Å². The van der Waals surface area contributed by atoms with Crippen molar-refractivity contribution >= 4 is 11.8 Å². The molecule has 4 N–H and O–H groups in total. The first-order chi connectivity index (χ1) is 18.8. The maximum atomic E-state index is 13.6. The van der Waals surface area contributed by atoms with Crippen LogP contribution in [-0.2, 0) is 28.5 Å². The Balaban J connectivity index is 2.60. The highest BCUT2D eigenvalue weighted by molar-refractivity contribution is 5.83. The Morgan fingerprint density at radius 1 is 1.00 bits per heavy atom. The Bertz CT molecular complexity index is 883. The topological polar surface area (TPSA) is 155 Å². The summed E-state index contributed by atoms with van der Waals surface area (Å²) in [4.78, 5) is 28.8. The Kier molecular flexibility index (Phi) is 12.4. The average Bonchev–Trinajstić information content (AvgIpc) is 2.92. The molecular formula is C30H55NO10. The third-order valence-electron chi connectivity index (χ3n) is 9.52. The molecule has 0 bridgehead atoms. The second kappa shape index (κ2) is 14.1. The standard InChI is InChI=1S/C30H55NO10/c1-12-21-30(8,37)25(35)17(4)22(32)15(2)14-29(7,38-11)26(18(5)23(33)19(6)27(36)40-21)41-28-24(34)20(31(9)10)13-16(3)39-28/h15-21,23-26,28,33-35,37H,12-14H2,1-11H3/t15-,16-,17+,18+,19-,20?,21-,23+,24?,25-,26-,28+,29-,30-/m1/s1. The molecule has 0 aromatic carbocycles. The van der Waals surface area contributed by atoms with Gasteiger partial charge in [0.05, 0.1) is 35.9 Å². The quantitative estimate of drug-likeness (QED) is 0.345. The van der Waals surface area contributed by atoms with Gasteiger partial charge in [-0.2, -0.15) is 0 Å². The molecular weight excluding hydrogens is 534 g/mol. The Hall–Kier alpha value is -1.18. The normalized spacial score (nSPS) is 47.6. The number of cyclic esters (lactones) is 1. The number of aliphatic hydroxyl groups excluding tert-OH is 3. The SMILES string of the molecule is CC[C@H]1OC(=O)[C@H](C)[C@@H](O)[C@H](C)[C@@H](O[C@@H]2O[C@H](C)CC(N(C)C)C2O)[C@](C)(OC)C[C@@H](C)C(=O)[C@H](C)[C@@H](O)[C@]1(C)O. The van der Waals surface area contributed by atoms with Gasteiger partial charge in [0.1, 0.15) is 23.6 Å². The van der Waals surface area contributed by atoms with Gasteiger partial charge in [-0.3, -0.25) is 9.59 Å². The van der Waals surface area contributed by atoms with Gasteiger partial charge < -0.3 is 44.3 Å². The molecule has 2 fully saturated rings. The second-order valence-electron chi connectivity index (χ2n) is 13.1. The zero-order valence-electron chi connectivity index (χ0n) is 26.7. The van der Waals surface area contributed by atoms with Crippen LogP contribution in [-0.4, -0.2) is 118 Å². The van der Waals surface area contributed by atoms with Gasteiger partial charge in [0, 0.05) is 30.9 Å². The summed E-state index contributed by atoms with van der Waals surface area (Å²) in [6, 6.07) is -0.244. The predicted octanol–water partition coefficient (Wildman–Crippen LogP) is 1.51. The summed E-state index contributed by atoms with van der Waals surface area (Å²) < 4.78 is 24.2. The van der Waals surface area contributed by atoms with Gasteiger partial charge in [0.25, 0.3) is 0 Å². The van der Waals surface area contributed by atoms with Gasteiger partial charge in [-0.15, -0.1) is 0 Å². The van der Waals surface area contributed by atoms with E-state index < -0.39 is 77.7 Å². The number of hydrogen-bond acceptors (Lipinski definition) is 11. The van der Waals surface area contributed by atoms with Crippen molar-refractivity contribution < 1.29 is 49.0 Å². The lowest BCUT2D eigenvalue weighted by Crippen LogP contribution is -2.60. The van der Waals surface area contributed by atoms with Crippen LogP contribution in [0.4, 0.5) is 0 Å². The number of Topliss-reactive ketones (excluding diaryl/α,β-unsaturated/α-hetero) is 1.